The van der Waals surface area contributed by atoms with E-state index in [9.17, 15) is 0 Å². The molecule has 0 aromatic carbocycles. The van der Waals surface area contributed by atoms with Gasteiger partial charge in [-0.2, -0.15) is 0 Å². The van der Waals surface area contributed by atoms with Crippen molar-refractivity contribution in [3.8, 4) is 0 Å². The van der Waals surface area contributed by atoms with Crippen molar-refractivity contribution < 1.29 is 0 Å². The smallest absolute Gasteiger partial charge is 0.0302 e. The normalized spacial score (nSPS) is 34.7. The van der Waals surface area contributed by atoms with Gasteiger partial charge in [-0.3, -0.25) is 4.98 Å². The van der Waals surface area contributed by atoms with E-state index in [1.54, 1.807) is 0 Å². The average molecular weight is 271 g/mol. The van der Waals surface area contributed by atoms with Gasteiger partial charge in [-0.05, 0) is 75.2 Å². The number of aromatic nitrogens is 1. The Balaban J connectivity index is 1.24. The molecular formula is C17H25N3. The Bertz CT molecular complexity index is 439. The summed E-state index contributed by atoms with van der Waals surface area (Å²) in [5.41, 5.74) is 2.03. The summed E-state index contributed by atoms with van der Waals surface area (Å²) in [7, 11) is 0. The molecule has 1 spiro atoms. The third-order valence-electron chi connectivity index (χ3n) is 5.72. The van der Waals surface area contributed by atoms with Gasteiger partial charge in [-0.15, -0.1) is 0 Å². The van der Waals surface area contributed by atoms with Crippen molar-refractivity contribution in [3.05, 3.63) is 30.1 Å². The monoisotopic (exact) mass is 271 g/mol. The molecule has 4 rings (SSSR count). The van der Waals surface area contributed by atoms with Crippen LogP contribution in [0.3, 0.4) is 0 Å². The highest BCUT2D eigenvalue weighted by molar-refractivity contribution is 5.15. The molecule has 20 heavy (non-hydrogen) atoms. The van der Waals surface area contributed by atoms with Gasteiger partial charge in [0.2, 0.25) is 0 Å². The molecule has 1 saturated carbocycles. The molecule has 0 radical (unpaired) electrons. The molecule has 0 unspecified atom stereocenters. The van der Waals surface area contributed by atoms with Crippen molar-refractivity contribution in [1.82, 2.24) is 15.2 Å². The van der Waals surface area contributed by atoms with Gasteiger partial charge >= 0.3 is 0 Å². The molecule has 2 saturated heterocycles. The minimum absolute atomic E-state index is 0.596. The van der Waals surface area contributed by atoms with Crippen LogP contribution in [-0.4, -0.2) is 41.6 Å². The van der Waals surface area contributed by atoms with Crippen LogP contribution in [0.1, 0.15) is 43.6 Å². The number of hydrogen-bond acceptors (Lipinski definition) is 3. The van der Waals surface area contributed by atoms with E-state index in [2.05, 4.69) is 33.5 Å². The zero-order chi connectivity index (χ0) is 13.4. The topological polar surface area (TPSA) is 28.2 Å². The lowest BCUT2D eigenvalue weighted by molar-refractivity contribution is 0.0151. The largest absolute Gasteiger partial charge is 0.311 e. The van der Waals surface area contributed by atoms with Gasteiger partial charge in [0.05, 0.1) is 0 Å². The first-order valence-electron chi connectivity index (χ1n) is 8.20. The summed E-state index contributed by atoms with van der Waals surface area (Å²) >= 11 is 0. The lowest BCUT2D eigenvalue weighted by Gasteiger charge is -2.56. The molecule has 1 aromatic heterocycles. The van der Waals surface area contributed by atoms with Gasteiger partial charge in [-0.25, -0.2) is 0 Å². The van der Waals surface area contributed by atoms with Crippen LogP contribution in [0.25, 0.3) is 0 Å². The Morgan fingerprint density at radius 1 is 1.30 bits per heavy atom. The first-order valence-corrected chi connectivity index (χ1v) is 8.20. The van der Waals surface area contributed by atoms with Crippen LogP contribution >= 0.6 is 0 Å². The SMILES string of the molecule is c1cncc(C2CCN(CC3CC4(CCN4)C3)CC2)c1. The van der Waals surface area contributed by atoms with E-state index in [0.29, 0.717) is 5.54 Å². The van der Waals surface area contributed by atoms with Crippen molar-refractivity contribution in [2.75, 3.05) is 26.2 Å². The number of nitrogens with zero attached hydrogens (tertiary/aromatic N) is 2. The molecule has 3 heterocycles. The van der Waals surface area contributed by atoms with Crippen LogP contribution in [-0.2, 0) is 0 Å². The van der Waals surface area contributed by atoms with Crippen LogP contribution in [0.2, 0.25) is 0 Å². The molecule has 3 nitrogen and oxygen atoms in total. The van der Waals surface area contributed by atoms with Crippen molar-refractivity contribution >= 4 is 0 Å². The van der Waals surface area contributed by atoms with Crippen LogP contribution in [0.5, 0.6) is 0 Å². The molecule has 3 fully saturated rings. The van der Waals surface area contributed by atoms with Crippen LogP contribution < -0.4 is 5.32 Å². The molecule has 1 aliphatic carbocycles. The first-order chi connectivity index (χ1) is 9.83. The van der Waals surface area contributed by atoms with Gasteiger partial charge in [0.25, 0.3) is 0 Å². The van der Waals surface area contributed by atoms with E-state index in [-0.39, 0.29) is 0 Å². The fourth-order valence-corrected chi connectivity index (χ4v) is 4.43. The minimum Gasteiger partial charge on any atom is -0.311 e. The molecule has 3 aliphatic rings. The standard InChI is InChI=1S/C17H25N3/c1-2-16(12-18-6-1)15-3-8-20(9-4-15)13-14-10-17(11-14)5-7-19-17/h1-2,6,12,14-15,19H,3-5,7-11,13H2. The zero-order valence-corrected chi connectivity index (χ0v) is 12.2. The maximum absolute atomic E-state index is 4.26. The second kappa shape index (κ2) is 5.12. The lowest BCUT2D eigenvalue weighted by Crippen LogP contribution is -2.65. The van der Waals surface area contributed by atoms with Crippen LogP contribution in [0.15, 0.2) is 24.5 Å². The van der Waals surface area contributed by atoms with Crippen molar-refractivity contribution in [3.63, 3.8) is 0 Å². The van der Waals surface area contributed by atoms with Crippen LogP contribution in [0, 0.1) is 5.92 Å². The zero-order valence-electron chi connectivity index (χ0n) is 12.2. The molecule has 1 aromatic rings. The van der Waals surface area contributed by atoms with E-state index in [1.807, 2.05) is 6.20 Å². The molecule has 108 valence electrons. The second-order valence-corrected chi connectivity index (χ2v) is 7.09. The highest BCUT2D eigenvalue weighted by Crippen LogP contribution is 2.44. The fourth-order valence-electron chi connectivity index (χ4n) is 4.43. The van der Waals surface area contributed by atoms with E-state index < -0.39 is 0 Å². The third kappa shape index (κ3) is 2.38. The molecule has 3 heteroatoms. The average Bonchev–Trinajstić information content (AvgIpc) is 2.42. The van der Waals surface area contributed by atoms with Gasteiger partial charge in [0.1, 0.15) is 0 Å². The summed E-state index contributed by atoms with van der Waals surface area (Å²) in [6.45, 7) is 5.14. The van der Waals surface area contributed by atoms with E-state index in [4.69, 9.17) is 0 Å². The predicted molar refractivity (Wildman–Crippen MR) is 80.7 cm³/mol. The van der Waals surface area contributed by atoms with Crippen LogP contribution in [0.4, 0.5) is 0 Å². The van der Waals surface area contributed by atoms with Gasteiger partial charge in [0, 0.05) is 24.5 Å². The summed E-state index contributed by atoms with van der Waals surface area (Å²) in [5.74, 6) is 1.69. The fraction of sp³-hybridized carbons (Fsp3) is 0.706. The molecule has 1 N–H and O–H groups in total. The van der Waals surface area contributed by atoms with Crippen molar-refractivity contribution in [1.29, 1.82) is 0 Å². The predicted octanol–water partition coefficient (Wildman–Crippen LogP) is 2.40. The summed E-state index contributed by atoms with van der Waals surface area (Å²) in [6.07, 6.45) is 10.8. The highest BCUT2D eigenvalue weighted by Gasteiger charge is 2.48. The first kappa shape index (κ1) is 12.8. The molecule has 2 aliphatic heterocycles. The number of hydrogen-bond donors (Lipinski definition) is 1. The van der Waals surface area contributed by atoms with Gasteiger partial charge in [0.15, 0.2) is 0 Å². The Morgan fingerprint density at radius 2 is 2.10 bits per heavy atom. The lowest BCUT2D eigenvalue weighted by atomic mass is 9.63. The molecular weight excluding hydrogens is 246 g/mol. The Hall–Kier alpha value is -0.930. The Labute approximate surface area is 121 Å². The molecule has 0 amide bonds. The number of piperidine rings is 1. The highest BCUT2D eigenvalue weighted by atomic mass is 15.1. The number of likely N-dealkylation sites (tertiary alicyclic amines) is 1. The Morgan fingerprint density at radius 3 is 2.70 bits per heavy atom. The number of rotatable bonds is 3. The van der Waals surface area contributed by atoms with Crippen molar-refractivity contribution in [2.24, 2.45) is 5.92 Å². The van der Waals surface area contributed by atoms with E-state index in [1.165, 1.54) is 63.8 Å². The van der Waals surface area contributed by atoms with Crippen molar-refractivity contribution in [2.45, 2.75) is 43.6 Å². The minimum atomic E-state index is 0.596. The Kier molecular flexibility index (Phi) is 3.27. The maximum atomic E-state index is 4.26. The van der Waals surface area contributed by atoms with Gasteiger partial charge < -0.3 is 10.2 Å². The maximum Gasteiger partial charge on any atom is 0.0302 e. The third-order valence-corrected chi connectivity index (χ3v) is 5.72. The summed E-state index contributed by atoms with van der Waals surface area (Å²) in [5, 5.41) is 3.63. The van der Waals surface area contributed by atoms with E-state index >= 15 is 0 Å². The van der Waals surface area contributed by atoms with Gasteiger partial charge in [-0.1, -0.05) is 6.07 Å². The second-order valence-electron chi connectivity index (χ2n) is 7.09. The molecule has 0 atom stereocenters. The van der Waals surface area contributed by atoms with E-state index in [0.717, 1.165) is 11.8 Å². The number of pyridine rings is 1. The summed E-state index contributed by atoms with van der Waals surface area (Å²) < 4.78 is 0. The molecule has 0 bridgehead atoms. The number of nitrogens with one attached hydrogen (secondary N) is 1. The quantitative estimate of drug-likeness (QED) is 0.915. The summed E-state index contributed by atoms with van der Waals surface area (Å²) in [6, 6.07) is 4.31. The summed E-state index contributed by atoms with van der Waals surface area (Å²) in [4.78, 5) is 6.96.